The molecule has 3 aromatic rings. The number of aliphatic hydroxyl groups is 7. The molecular weight excluding hydrogens is 1110 g/mol. The summed E-state index contributed by atoms with van der Waals surface area (Å²) in [6.45, 7) is -0.549. The minimum atomic E-state index is -2.36. The zero-order chi connectivity index (χ0) is 58.5. The normalized spacial score (nSPS) is 42.8. The van der Waals surface area contributed by atoms with Crippen molar-refractivity contribution in [3.05, 3.63) is 147 Å². The predicted octanol–water partition coefficient (Wildman–Crippen LogP) is 8.78. The number of ether oxygens (including phenoxy) is 2. The van der Waals surface area contributed by atoms with Crippen LogP contribution in [0.25, 0.3) is 0 Å². The molecule has 16 heteroatoms. The van der Waals surface area contributed by atoms with Gasteiger partial charge in [-0.2, -0.15) is 0 Å². The van der Waals surface area contributed by atoms with E-state index in [1.807, 2.05) is 24.3 Å². The van der Waals surface area contributed by atoms with Crippen LogP contribution in [-0.4, -0.2) is 114 Å². The van der Waals surface area contributed by atoms with Gasteiger partial charge in [0.1, 0.15) is 46.6 Å². The highest BCUT2D eigenvalue weighted by molar-refractivity contribution is 8.76. The zero-order valence-electron chi connectivity index (χ0n) is 48.1. The maximum absolute atomic E-state index is 16.2. The molecule has 7 fully saturated rings. The molecular formula is C69H80N2O12S2. The Morgan fingerprint density at radius 3 is 2.46 bits per heavy atom. The van der Waals surface area contributed by atoms with Gasteiger partial charge in [-0.15, -0.1) is 0 Å². The summed E-state index contributed by atoms with van der Waals surface area (Å²) in [6, 6.07) is 23.0. The summed E-state index contributed by atoms with van der Waals surface area (Å²) < 4.78 is 13.7. The number of nitrogens with one attached hydrogen (secondary N) is 2. The van der Waals surface area contributed by atoms with Crippen LogP contribution in [0.4, 0.5) is 0 Å². The number of Topliss-reactive ketones (excluding diaryl/α,β-unsaturated/α-hetero) is 2. The number of ketones is 2. The minimum absolute atomic E-state index is 0.00212. The molecule has 10 aliphatic carbocycles. The van der Waals surface area contributed by atoms with Crippen molar-refractivity contribution < 1.29 is 59.6 Å². The summed E-state index contributed by atoms with van der Waals surface area (Å²) in [6.07, 6.45) is 15.0. The minimum Gasteiger partial charge on any atom is -0.511 e. The van der Waals surface area contributed by atoms with Gasteiger partial charge < -0.3 is 60.6 Å². The van der Waals surface area contributed by atoms with Gasteiger partial charge in [0, 0.05) is 41.2 Å². The zero-order valence-corrected chi connectivity index (χ0v) is 49.8. The van der Waals surface area contributed by atoms with E-state index in [9.17, 15) is 40.5 Å². The van der Waals surface area contributed by atoms with Crippen molar-refractivity contribution in [2.45, 2.75) is 151 Å². The number of carbonyl (C=O) groups excluding carboxylic acids is 3. The molecule has 16 rings (SSSR count). The van der Waals surface area contributed by atoms with Crippen molar-refractivity contribution in [3.8, 4) is 5.75 Å². The van der Waals surface area contributed by atoms with Crippen LogP contribution in [0.1, 0.15) is 134 Å². The Morgan fingerprint density at radius 2 is 1.65 bits per heavy atom. The van der Waals surface area contributed by atoms with Gasteiger partial charge in [0.25, 0.3) is 0 Å². The highest BCUT2D eigenvalue weighted by Crippen LogP contribution is 2.80. The lowest BCUT2D eigenvalue weighted by Crippen LogP contribution is -2.81. The van der Waals surface area contributed by atoms with Gasteiger partial charge in [-0.3, -0.25) is 9.59 Å². The lowest BCUT2D eigenvalue weighted by atomic mass is 9.46. The molecule has 85 heavy (non-hydrogen) atoms. The van der Waals surface area contributed by atoms with Crippen LogP contribution in [0.3, 0.4) is 0 Å². The molecule has 18 unspecified atom stereocenters. The Morgan fingerprint density at radius 1 is 0.835 bits per heavy atom. The van der Waals surface area contributed by atoms with E-state index in [2.05, 4.69) is 47.0 Å². The number of hydrogen-bond acceptors (Lipinski definition) is 16. The second kappa shape index (κ2) is 20.7. The third-order valence-electron chi connectivity index (χ3n) is 24.4. The monoisotopic (exact) mass is 1190 g/mol. The first-order chi connectivity index (χ1) is 41.1. The summed E-state index contributed by atoms with van der Waals surface area (Å²) in [4.78, 5) is 45.9. The van der Waals surface area contributed by atoms with Crippen LogP contribution in [0.15, 0.2) is 119 Å². The van der Waals surface area contributed by atoms with Gasteiger partial charge >= 0.3 is 0 Å². The van der Waals surface area contributed by atoms with Gasteiger partial charge in [-0.05, 0) is 201 Å². The van der Waals surface area contributed by atoms with E-state index in [0.29, 0.717) is 48.7 Å². The fourth-order valence-electron chi connectivity index (χ4n) is 21.5. The van der Waals surface area contributed by atoms with E-state index in [1.54, 1.807) is 24.3 Å². The first kappa shape index (κ1) is 56.7. The van der Waals surface area contributed by atoms with Crippen molar-refractivity contribution in [1.82, 2.24) is 10.6 Å². The summed E-state index contributed by atoms with van der Waals surface area (Å²) in [5, 5.41) is 92.4. The number of benzene rings is 3. The summed E-state index contributed by atoms with van der Waals surface area (Å²) in [7, 11) is 2.84. The maximum atomic E-state index is 16.2. The van der Waals surface area contributed by atoms with Crippen LogP contribution < -0.4 is 15.4 Å². The molecule has 6 saturated carbocycles. The lowest BCUT2D eigenvalue weighted by molar-refractivity contribution is -0.392. The molecule has 5 spiro atoms. The summed E-state index contributed by atoms with van der Waals surface area (Å²) >= 11 is 0. The SMILES string of the molecule is O=CC1CC2(CCC3(CCC(Cc4ccccc4)C3)C2)CC12CC1CC3CC4CC5(CO)OC6Oc7cccc8c7C(=O)C7(C(O)=CC(Cc9cccc(CO)c9)=CC7C8=O)C(CCCO)SSCNC7=CC(=C3CN7)C1(C2)C4C(O)(C6O)C5O. The van der Waals surface area contributed by atoms with E-state index in [-0.39, 0.29) is 89.6 Å². The van der Waals surface area contributed by atoms with Gasteiger partial charge in [-0.1, -0.05) is 94.4 Å². The Kier molecular flexibility index (Phi) is 13.8. The Balaban J connectivity index is 0.839. The topological polar surface area (TPSA) is 235 Å². The van der Waals surface area contributed by atoms with Crippen molar-refractivity contribution in [2.24, 2.45) is 68.5 Å². The number of carbonyl (C=O) groups is 3. The van der Waals surface area contributed by atoms with Crippen molar-refractivity contribution in [1.29, 1.82) is 0 Å². The molecule has 9 N–H and O–H groups in total. The van der Waals surface area contributed by atoms with Gasteiger partial charge in [0.2, 0.25) is 6.29 Å². The third kappa shape index (κ3) is 8.33. The fraction of sp³-hybridized carbons (Fsp3) is 0.580. The van der Waals surface area contributed by atoms with Gasteiger partial charge in [0.15, 0.2) is 11.6 Å². The lowest BCUT2D eigenvalue weighted by Gasteiger charge is -2.65. The highest BCUT2D eigenvalue weighted by atomic mass is 33.1. The van der Waals surface area contributed by atoms with Crippen LogP contribution >= 0.6 is 21.6 Å². The van der Waals surface area contributed by atoms with Crippen molar-refractivity contribution in [2.75, 3.05) is 25.6 Å². The first-order valence-corrected chi connectivity index (χ1v) is 33.9. The van der Waals surface area contributed by atoms with Crippen LogP contribution in [0.2, 0.25) is 0 Å². The molecule has 3 aromatic carbocycles. The number of fused-ring (bicyclic) bond motifs is 2. The number of aldehydes is 1. The second-order valence-electron chi connectivity index (χ2n) is 28.6. The van der Waals surface area contributed by atoms with Gasteiger partial charge in [0.05, 0.1) is 36.4 Å². The maximum Gasteiger partial charge on any atom is 0.229 e. The number of rotatable bonds is 10. The van der Waals surface area contributed by atoms with Gasteiger partial charge in [-0.25, -0.2) is 0 Å². The largest absolute Gasteiger partial charge is 0.511 e. The quantitative estimate of drug-likeness (QED) is 0.0682. The molecule has 13 aliphatic rings. The van der Waals surface area contributed by atoms with Crippen LogP contribution in [0, 0.1) is 68.5 Å². The van der Waals surface area contributed by atoms with Crippen molar-refractivity contribution >= 4 is 39.4 Å². The third-order valence-corrected chi connectivity index (χ3v) is 27.1. The van der Waals surface area contributed by atoms with Crippen molar-refractivity contribution in [3.63, 3.8) is 0 Å². The number of aliphatic hydroxyl groups excluding tert-OH is 6. The highest BCUT2D eigenvalue weighted by Gasteiger charge is 2.79. The van der Waals surface area contributed by atoms with Crippen LogP contribution in [0.5, 0.6) is 5.75 Å². The standard InChI is InChI=1S/C69H80N2O12S2/c72-18-6-13-54-68-51(22-43(23-53(68)76)21-40-9-4-10-42(20-40)32-73)57(77)48-11-5-12-52(56(48)59(68)78)82-61-60(79)69(81)58-45(28-66(37-75,83-61)62(69)80)24-44-25-46-30-65(36-67(46,58)50-26-55(70-31-49(44)50)71-38-84-85-54)35-64(29-47(65)33-74)17-16-63(34-64)15-14-41(27-63)19-39-7-2-1-3-8-39/h1-5,7-12,20,22-23,26,33,41,44-47,51,54,58,60-62,70-73,75-76,79-81H,6,13-19,21,24-25,27-32,34-38H2. The predicted molar refractivity (Wildman–Crippen MR) is 321 cm³/mol. The van der Waals surface area contributed by atoms with E-state index in [1.165, 1.54) is 70.8 Å². The molecule has 3 heterocycles. The first-order valence-electron chi connectivity index (χ1n) is 31.5. The molecule has 1 saturated heterocycles. The summed E-state index contributed by atoms with van der Waals surface area (Å²) in [5.41, 5.74) is -1.22. The second-order valence-corrected chi connectivity index (χ2v) is 31.2. The summed E-state index contributed by atoms with van der Waals surface area (Å²) in [5.74, 6) is -2.19. The number of dihydropyridines is 1. The van der Waals surface area contributed by atoms with E-state index < -0.39 is 81.2 Å². The molecule has 0 aromatic heterocycles. The molecule has 450 valence electrons. The molecule has 0 amide bonds. The molecule has 14 nitrogen and oxygen atoms in total. The average Bonchev–Trinajstić information content (AvgIpc) is 1.73. The van der Waals surface area contributed by atoms with E-state index in [0.717, 1.165) is 61.9 Å². The molecule has 3 aliphatic heterocycles. The average molecular weight is 1190 g/mol. The van der Waals surface area contributed by atoms with E-state index >= 15 is 9.59 Å². The molecule has 0 radical (unpaired) electrons. The number of allylic oxidation sites excluding steroid dienone is 6. The Labute approximate surface area is 504 Å². The molecule has 18 atom stereocenters. The smallest absolute Gasteiger partial charge is 0.229 e. The Hall–Kier alpha value is -4.75. The van der Waals surface area contributed by atoms with E-state index in [4.69, 9.17) is 9.47 Å². The Bertz CT molecular complexity index is 3370. The van der Waals surface area contributed by atoms with Crippen LogP contribution in [-0.2, 0) is 29.0 Å². The number of hydrogen-bond donors (Lipinski definition) is 9. The fourth-order valence-corrected chi connectivity index (χ4v) is 24.4. The molecule has 10 bridgehead atoms.